The molecule has 1 aliphatic carbocycles. The van der Waals surface area contributed by atoms with Gasteiger partial charge in [0.15, 0.2) is 0 Å². The quantitative estimate of drug-likeness (QED) is 0.833. The third-order valence-electron chi connectivity index (χ3n) is 3.76. The van der Waals surface area contributed by atoms with Crippen LogP contribution in [0.15, 0.2) is 30.3 Å². The minimum atomic E-state index is 0.00493. The summed E-state index contributed by atoms with van der Waals surface area (Å²) in [4.78, 5) is 11.9. The fourth-order valence-electron chi connectivity index (χ4n) is 2.54. The van der Waals surface area contributed by atoms with Gasteiger partial charge in [0.1, 0.15) is 0 Å². The smallest absolute Gasteiger partial charge is 0.251 e. The first-order chi connectivity index (χ1) is 8.26. The second-order valence-electron chi connectivity index (χ2n) is 4.96. The fraction of sp³-hybridized carbons (Fsp3) is 0.500. The third-order valence-corrected chi connectivity index (χ3v) is 3.76. The lowest BCUT2D eigenvalue weighted by molar-refractivity contribution is 0.0932. The van der Waals surface area contributed by atoms with E-state index in [4.69, 9.17) is 5.73 Å². The molecule has 0 spiro atoms. The average Bonchev–Trinajstić information content (AvgIpc) is 2.86. The number of hydrogen-bond donors (Lipinski definition) is 2. The second-order valence-corrected chi connectivity index (χ2v) is 4.96. The van der Waals surface area contributed by atoms with Crippen LogP contribution >= 0.6 is 0 Å². The highest BCUT2D eigenvalue weighted by Gasteiger charge is 2.32. The predicted molar refractivity (Wildman–Crippen MR) is 68.7 cm³/mol. The summed E-state index contributed by atoms with van der Waals surface area (Å²) < 4.78 is 0. The first-order valence-corrected chi connectivity index (χ1v) is 6.29. The van der Waals surface area contributed by atoms with Crippen LogP contribution < -0.4 is 11.1 Å². The van der Waals surface area contributed by atoms with Gasteiger partial charge in [0, 0.05) is 12.1 Å². The highest BCUT2D eigenvalue weighted by molar-refractivity contribution is 5.94. The SMILES string of the molecule is NCC1(CNC(=O)c2ccccc2)CCCC1. The Bertz CT molecular complexity index is 369. The van der Waals surface area contributed by atoms with E-state index in [9.17, 15) is 4.79 Å². The molecule has 0 bridgehead atoms. The highest BCUT2D eigenvalue weighted by Crippen LogP contribution is 2.36. The van der Waals surface area contributed by atoms with Crippen molar-refractivity contribution >= 4 is 5.91 Å². The lowest BCUT2D eigenvalue weighted by atomic mass is 9.86. The van der Waals surface area contributed by atoms with Crippen molar-refractivity contribution in [3.63, 3.8) is 0 Å². The molecule has 17 heavy (non-hydrogen) atoms. The molecule has 3 nitrogen and oxygen atoms in total. The van der Waals surface area contributed by atoms with E-state index < -0.39 is 0 Å². The lowest BCUT2D eigenvalue weighted by Gasteiger charge is -2.27. The molecule has 0 atom stereocenters. The number of amides is 1. The van der Waals surface area contributed by atoms with E-state index in [0.717, 1.165) is 18.4 Å². The normalized spacial score (nSPS) is 17.9. The molecule has 1 aliphatic rings. The predicted octanol–water partition coefficient (Wildman–Crippen LogP) is 1.94. The molecule has 2 rings (SSSR count). The Morgan fingerprint density at radius 3 is 2.47 bits per heavy atom. The van der Waals surface area contributed by atoms with Crippen LogP contribution in [0.25, 0.3) is 0 Å². The Morgan fingerprint density at radius 1 is 1.24 bits per heavy atom. The van der Waals surface area contributed by atoms with Crippen LogP contribution in [0.4, 0.5) is 0 Å². The minimum absolute atomic E-state index is 0.00493. The molecule has 92 valence electrons. The molecule has 1 amide bonds. The summed E-state index contributed by atoms with van der Waals surface area (Å²) in [6.07, 6.45) is 4.74. The summed E-state index contributed by atoms with van der Waals surface area (Å²) in [6, 6.07) is 9.33. The van der Waals surface area contributed by atoms with Crippen molar-refractivity contribution < 1.29 is 4.79 Å². The number of carbonyl (C=O) groups is 1. The summed E-state index contributed by atoms with van der Waals surface area (Å²) in [7, 11) is 0. The van der Waals surface area contributed by atoms with Crippen LogP contribution in [-0.4, -0.2) is 19.0 Å². The molecule has 0 radical (unpaired) electrons. The first kappa shape index (κ1) is 12.1. The van der Waals surface area contributed by atoms with Gasteiger partial charge in [-0.05, 0) is 36.9 Å². The van der Waals surface area contributed by atoms with E-state index in [1.807, 2.05) is 30.3 Å². The molecule has 1 aromatic carbocycles. The molecule has 1 aromatic rings. The fourth-order valence-corrected chi connectivity index (χ4v) is 2.54. The van der Waals surface area contributed by atoms with Crippen molar-refractivity contribution in [3.8, 4) is 0 Å². The molecular formula is C14H20N2O. The number of carbonyl (C=O) groups excluding carboxylic acids is 1. The topological polar surface area (TPSA) is 55.1 Å². The van der Waals surface area contributed by atoms with Crippen LogP contribution in [0.5, 0.6) is 0 Å². The van der Waals surface area contributed by atoms with Crippen LogP contribution in [0, 0.1) is 5.41 Å². The van der Waals surface area contributed by atoms with E-state index >= 15 is 0 Å². The molecule has 0 aromatic heterocycles. The maximum absolute atomic E-state index is 11.9. The summed E-state index contributed by atoms with van der Waals surface area (Å²) in [6.45, 7) is 1.37. The molecule has 1 saturated carbocycles. The van der Waals surface area contributed by atoms with E-state index in [1.165, 1.54) is 12.8 Å². The van der Waals surface area contributed by atoms with E-state index in [1.54, 1.807) is 0 Å². The summed E-state index contributed by atoms with van der Waals surface area (Å²) in [5.41, 5.74) is 6.71. The first-order valence-electron chi connectivity index (χ1n) is 6.29. The molecule has 1 fully saturated rings. The van der Waals surface area contributed by atoms with Gasteiger partial charge in [-0.1, -0.05) is 31.0 Å². The van der Waals surface area contributed by atoms with Gasteiger partial charge in [-0.15, -0.1) is 0 Å². The van der Waals surface area contributed by atoms with E-state index in [-0.39, 0.29) is 11.3 Å². The standard InChI is InChI=1S/C14H20N2O/c15-10-14(8-4-5-9-14)11-16-13(17)12-6-2-1-3-7-12/h1-3,6-7H,4-5,8-11,15H2,(H,16,17). The van der Waals surface area contributed by atoms with Crippen molar-refractivity contribution in [2.75, 3.05) is 13.1 Å². The Labute approximate surface area is 102 Å². The minimum Gasteiger partial charge on any atom is -0.351 e. The molecule has 0 heterocycles. The Hall–Kier alpha value is -1.35. The number of nitrogens with one attached hydrogen (secondary N) is 1. The van der Waals surface area contributed by atoms with Gasteiger partial charge in [-0.25, -0.2) is 0 Å². The highest BCUT2D eigenvalue weighted by atomic mass is 16.1. The molecule has 3 N–H and O–H groups in total. The monoisotopic (exact) mass is 232 g/mol. The number of benzene rings is 1. The van der Waals surface area contributed by atoms with Crippen molar-refractivity contribution in [3.05, 3.63) is 35.9 Å². The van der Waals surface area contributed by atoms with E-state index in [0.29, 0.717) is 13.1 Å². The van der Waals surface area contributed by atoms with Crippen LogP contribution in [0.1, 0.15) is 36.0 Å². The van der Waals surface area contributed by atoms with Crippen molar-refractivity contribution in [1.29, 1.82) is 0 Å². The maximum Gasteiger partial charge on any atom is 0.251 e. The van der Waals surface area contributed by atoms with Crippen LogP contribution in [-0.2, 0) is 0 Å². The van der Waals surface area contributed by atoms with Crippen molar-refractivity contribution in [2.24, 2.45) is 11.1 Å². The van der Waals surface area contributed by atoms with E-state index in [2.05, 4.69) is 5.32 Å². The summed E-state index contributed by atoms with van der Waals surface area (Å²) in [5.74, 6) is 0.00493. The van der Waals surface area contributed by atoms with Gasteiger partial charge in [0.2, 0.25) is 0 Å². The Kier molecular flexibility index (Phi) is 3.79. The molecular weight excluding hydrogens is 212 g/mol. The number of rotatable bonds is 4. The summed E-state index contributed by atoms with van der Waals surface area (Å²) >= 11 is 0. The second kappa shape index (κ2) is 5.32. The van der Waals surface area contributed by atoms with Gasteiger partial charge in [-0.2, -0.15) is 0 Å². The van der Waals surface area contributed by atoms with Crippen LogP contribution in [0.2, 0.25) is 0 Å². The van der Waals surface area contributed by atoms with Gasteiger partial charge in [0.05, 0.1) is 0 Å². The van der Waals surface area contributed by atoms with Crippen molar-refractivity contribution in [2.45, 2.75) is 25.7 Å². The Morgan fingerprint density at radius 2 is 1.88 bits per heavy atom. The van der Waals surface area contributed by atoms with Gasteiger partial charge < -0.3 is 11.1 Å². The zero-order valence-electron chi connectivity index (χ0n) is 10.1. The van der Waals surface area contributed by atoms with Gasteiger partial charge in [0.25, 0.3) is 5.91 Å². The molecule has 3 heteroatoms. The molecule has 0 aliphatic heterocycles. The largest absolute Gasteiger partial charge is 0.351 e. The third kappa shape index (κ3) is 2.86. The lowest BCUT2D eigenvalue weighted by Crippen LogP contribution is -2.40. The van der Waals surface area contributed by atoms with Gasteiger partial charge >= 0.3 is 0 Å². The maximum atomic E-state index is 11.9. The van der Waals surface area contributed by atoms with Crippen LogP contribution in [0.3, 0.4) is 0 Å². The molecule has 0 saturated heterocycles. The molecule has 0 unspecified atom stereocenters. The average molecular weight is 232 g/mol. The number of hydrogen-bond acceptors (Lipinski definition) is 2. The number of nitrogens with two attached hydrogens (primary N) is 1. The Balaban J connectivity index is 1.92. The zero-order valence-corrected chi connectivity index (χ0v) is 10.1. The van der Waals surface area contributed by atoms with Crippen molar-refractivity contribution in [1.82, 2.24) is 5.32 Å². The van der Waals surface area contributed by atoms with Gasteiger partial charge in [-0.3, -0.25) is 4.79 Å². The summed E-state index contributed by atoms with van der Waals surface area (Å²) in [5, 5.41) is 3.01. The zero-order chi connectivity index (χ0) is 12.1.